The van der Waals surface area contributed by atoms with Crippen molar-refractivity contribution in [1.29, 1.82) is 0 Å². The third-order valence-electron chi connectivity index (χ3n) is 35.5. The summed E-state index contributed by atoms with van der Waals surface area (Å²) in [5.74, 6) is 4.38. The number of Topliss-reactive ketones (excluding diaryl/α,β-unsaturated/α-hetero) is 1. The molecule has 12 saturated carbocycles. The van der Waals surface area contributed by atoms with Crippen LogP contribution in [0.5, 0.6) is 0 Å². The Morgan fingerprint density at radius 3 is 1.13 bits per heavy atom. The predicted octanol–water partition coefficient (Wildman–Crippen LogP) is 14.4. The number of aliphatic carboxylic acids is 2. The molecule has 12 rings (SSSR count). The van der Waals surface area contributed by atoms with Crippen LogP contribution in [-0.4, -0.2) is 173 Å². The number of ether oxygens (including phenoxy) is 1. The molecule has 18 unspecified atom stereocenters. The fourth-order valence-electron chi connectivity index (χ4n) is 29.1. The van der Waals surface area contributed by atoms with E-state index in [0.29, 0.717) is 127 Å². The number of unbranched alkanes of at least 4 members (excludes halogenated alkanes) is 6. The standard InChI is InChI=1S/C56H96N2O8.C24H40O5.C13H25NO4/c1-33(40-15-17-42-51-44(31-48(64)55(40,42)5)53(3)22-20-38(60)27-35(53)29-46(51)62)12-14-37(59)11-8-7-9-24-57-25-10-26-58-50(66)19-13-34(2)41-16-18-43-52-45(32-49(65)56(41,43)6)54(4)23-21-39(61)28-36(54)30-47(52)63;1-13(4-7-21(28)29)16-5-6-17-22-18(12-20(27)24(16,17)3)23(2)9-8-15(25)10-14(23)11-19(22)26;1-13(2,3)18-12(17)14-10-8-6-4-5-7-9-11(15)16/h33-36,38-49,51-52,57,60-65H,7-32H2,1-6H3,(H,58,66);13-20,22,25-27H,4-12H2,1-3H3,(H,28,29);4-10H2,1-3H3,(H,14,17)(H,15,16)/t33?,34?,35-,36+,38+,39-,40?,41?,42-,43+,44?,45?,46-,47+,48?,49?,51-,52-,53?,54?,55?,56?;13?,14-,15+,16?,17-,18?,19-,20?,22-,23?,24?;/m00./s1. The molecule has 14 N–H and O–H groups in total. The van der Waals surface area contributed by atoms with Crippen molar-refractivity contribution in [3.63, 3.8) is 0 Å². The Bertz CT molecular complexity index is 2980. The van der Waals surface area contributed by atoms with E-state index in [-0.39, 0.29) is 118 Å². The second-order valence-electron chi connectivity index (χ2n) is 42.7. The molecule has 2 amide bonds. The van der Waals surface area contributed by atoms with Crippen molar-refractivity contribution >= 4 is 29.7 Å². The Labute approximate surface area is 680 Å². The highest BCUT2D eigenvalue weighted by molar-refractivity contribution is 5.78. The van der Waals surface area contributed by atoms with Gasteiger partial charge in [0.2, 0.25) is 5.91 Å². The highest BCUT2D eigenvalue weighted by Crippen LogP contribution is 2.72. The van der Waals surface area contributed by atoms with Gasteiger partial charge in [-0.2, -0.15) is 0 Å². The summed E-state index contributed by atoms with van der Waals surface area (Å²) in [6.45, 7) is 29.2. The quantitative estimate of drug-likeness (QED) is 0.0297. The summed E-state index contributed by atoms with van der Waals surface area (Å²) in [5, 5.41) is 128. The average Bonchev–Trinajstić information content (AvgIpc) is 1.68. The van der Waals surface area contributed by atoms with Gasteiger partial charge in [0.05, 0.1) is 54.9 Å². The number of rotatable bonds is 30. The van der Waals surface area contributed by atoms with Gasteiger partial charge in [0.25, 0.3) is 0 Å². The van der Waals surface area contributed by atoms with E-state index in [1.54, 1.807) is 0 Å². The zero-order valence-electron chi connectivity index (χ0n) is 72.2. The maximum atomic E-state index is 13.0. The van der Waals surface area contributed by atoms with E-state index in [4.69, 9.17) is 14.9 Å². The molecule has 0 spiro atoms. The number of aliphatic hydroxyl groups excluding tert-OH is 9. The zero-order valence-corrected chi connectivity index (χ0v) is 72.2. The molecule has 0 aliphatic heterocycles. The molecule has 0 bridgehead atoms. The Balaban J connectivity index is 0.000000234. The number of nitrogens with one attached hydrogen (secondary N) is 3. The zero-order chi connectivity index (χ0) is 82.5. The monoisotopic (exact) mass is 1590 g/mol. The predicted molar refractivity (Wildman–Crippen MR) is 438 cm³/mol. The van der Waals surface area contributed by atoms with E-state index >= 15 is 0 Å². The number of carboxylic acids is 2. The number of alkyl carbamates (subject to hydrolysis) is 1. The van der Waals surface area contributed by atoms with Gasteiger partial charge in [0.1, 0.15) is 11.4 Å². The lowest BCUT2D eigenvalue weighted by atomic mass is 9.43. The van der Waals surface area contributed by atoms with Crippen LogP contribution < -0.4 is 16.0 Å². The third-order valence-corrected chi connectivity index (χ3v) is 35.5. The highest BCUT2D eigenvalue weighted by atomic mass is 16.6. The number of hydrogen-bond acceptors (Lipinski definition) is 16. The van der Waals surface area contributed by atoms with Crippen LogP contribution in [0.2, 0.25) is 0 Å². The van der Waals surface area contributed by atoms with Gasteiger partial charge in [-0.15, -0.1) is 0 Å². The summed E-state index contributed by atoms with van der Waals surface area (Å²) >= 11 is 0. The first-order valence-electron chi connectivity index (χ1n) is 46.3. The summed E-state index contributed by atoms with van der Waals surface area (Å²) in [7, 11) is 0. The van der Waals surface area contributed by atoms with Crippen molar-refractivity contribution in [2.24, 2.45) is 139 Å². The largest absolute Gasteiger partial charge is 0.481 e. The van der Waals surface area contributed by atoms with Crippen molar-refractivity contribution in [3.05, 3.63) is 0 Å². The summed E-state index contributed by atoms with van der Waals surface area (Å²) < 4.78 is 5.09. The summed E-state index contributed by atoms with van der Waals surface area (Å²) in [4.78, 5) is 58.6. The number of amides is 2. The molecular formula is C93H161N3O17. The smallest absolute Gasteiger partial charge is 0.407 e. The Hall–Kier alpha value is -3.05. The van der Waals surface area contributed by atoms with Gasteiger partial charge < -0.3 is 76.9 Å². The van der Waals surface area contributed by atoms with Crippen LogP contribution in [0.25, 0.3) is 0 Å². The van der Waals surface area contributed by atoms with Crippen LogP contribution in [0.3, 0.4) is 0 Å². The van der Waals surface area contributed by atoms with Crippen LogP contribution in [-0.2, 0) is 23.9 Å². The number of ketones is 1. The molecule has 113 heavy (non-hydrogen) atoms. The number of carbonyl (C=O) groups excluding carboxylic acids is 3. The molecule has 20 heteroatoms. The van der Waals surface area contributed by atoms with Crippen molar-refractivity contribution in [3.8, 4) is 0 Å². The maximum Gasteiger partial charge on any atom is 0.407 e. The number of aliphatic hydroxyl groups is 9. The van der Waals surface area contributed by atoms with E-state index < -0.39 is 35.9 Å². The van der Waals surface area contributed by atoms with Crippen LogP contribution in [0.4, 0.5) is 4.79 Å². The molecule has 12 aliphatic carbocycles. The molecule has 12 aliphatic rings. The van der Waals surface area contributed by atoms with Crippen LogP contribution in [0.15, 0.2) is 0 Å². The van der Waals surface area contributed by atoms with Gasteiger partial charge in [-0.05, 0) is 359 Å². The van der Waals surface area contributed by atoms with Gasteiger partial charge in [-0.3, -0.25) is 19.2 Å². The van der Waals surface area contributed by atoms with Crippen LogP contribution in [0.1, 0.15) is 327 Å². The average molecular weight is 1590 g/mol. The molecule has 12 fully saturated rings. The third kappa shape index (κ3) is 20.3. The first-order valence-corrected chi connectivity index (χ1v) is 46.3. The fourth-order valence-corrected chi connectivity index (χ4v) is 29.1. The van der Waals surface area contributed by atoms with E-state index in [0.717, 1.165) is 219 Å². The molecule has 0 aromatic heterocycles. The topological polar surface area (TPSA) is 353 Å². The van der Waals surface area contributed by atoms with E-state index in [2.05, 4.69) is 78.3 Å². The van der Waals surface area contributed by atoms with E-state index in [1.807, 2.05) is 20.8 Å². The molecule has 0 saturated heterocycles. The van der Waals surface area contributed by atoms with Crippen LogP contribution in [0, 0.1) is 139 Å². The van der Waals surface area contributed by atoms with Gasteiger partial charge in [-0.1, -0.05) is 88.0 Å². The summed E-state index contributed by atoms with van der Waals surface area (Å²) in [5.41, 5.74) is -0.912. The lowest BCUT2D eigenvalue weighted by molar-refractivity contribution is -0.207. The van der Waals surface area contributed by atoms with Crippen molar-refractivity contribution in [1.82, 2.24) is 16.0 Å². The molecule has 20 nitrogen and oxygen atoms in total. The molecule has 0 aromatic rings. The Morgan fingerprint density at radius 1 is 0.381 bits per heavy atom. The Kier molecular flexibility index (Phi) is 31.7. The van der Waals surface area contributed by atoms with Crippen molar-refractivity contribution in [2.75, 3.05) is 26.2 Å². The van der Waals surface area contributed by atoms with E-state index in [9.17, 15) is 69.9 Å². The van der Waals surface area contributed by atoms with Crippen LogP contribution >= 0.6 is 0 Å². The fraction of sp³-hybridized carbons (Fsp3) is 0.946. The maximum absolute atomic E-state index is 13.0. The first-order chi connectivity index (χ1) is 53.2. The number of carbonyl (C=O) groups is 5. The number of carboxylic acid groups (broad SMARTS) is 2. The summed E-state index contributed by atoms with van der Waals surface area (Å²) in [6, 6.07) is 0. The molecule has 0 aromatic carbocycles. The minimum Gasteiger partial charge on any atom is -0.481 e. The normalized spacial score (nSPS) is 43.5. The first kappa shape index (κ1) is 92.2. The lowest BCUT2D eigenvalue weighted by Crippen LogP contribution is -2.62. The number of hydrogen-bond donors (Lipinski definition) is 14. The molecular weight excluding hydrogens is 1430 g/mol. The van der Waals surface area contributed by atoms with Gasteiger partial charge in [-0.25, -0.2) is 4.79 Å². The second kappa shape index (κ2) is 38.8. The highest BCUT2D eigenvalue weighted by Gasteiger charge is 2.70. The van der Waals surface area contributed by atoms with Gasteiger partial charge >= 0.3 is 18.0 Å². The minimum atomic E-state index is -0.748. The van der Waals surface area contributed by atoms with E-state index in [1.165, 1.54) is 0 Å². The molecule has 650 valence electrons. The van der Waals surface area contributed by atoms with Crippen molar-refractivity contribution < 1.29 is 84.9 Å². The lowest BCUT2D eigenvalue weighted by Gasteiger charge is -2.63. The van der Waals surface area contributed by atoms with Gasteiger partial charge in [0, 0.05) is 45.2 Å². The SMILES string of the molecule is CC(C)(C)OC(=O)NCCCCCCCC(=O)O.CC(CCC(=O)NCCCNCCCCCC(=O)CCC(C)C1CC[C@H]2[C@H]3C(CC(O)C12C)C1(C)CC[C@@H](O)C[C@H]1C[C@@H]3O)C1CC[C@@H]2[C@H]3C(CC(O)C12C)C1(C)CC[C@H](O)C[C@@H]1C[C@H]3O.CC(CCC(=O)O)C1CC[C@H]2[C@H]3C(CC(O)C12C)C1(C)CC[C@@H](O)C[C@H]1C[C@@H]3O. The molecule has 33 atom stereocenters. The van der Waals surface area contributed by atoms with Crippen molar-refractivity contribution in [2.45, 2.75) is 388 Å². The van der Waals surface area contributed by atoms with Gasteiger partial charge in [0.15, 0.2) is 0 Å². The number of fused-ring (bicyclic) bond motifs is 15. The molecule has 0 radical (unpaired) electrons. The summed E-state index contributed by atoms with van der Waals surface area (Å²) in [6.07, 6.45) is 28.1. The molecule has 0 heterocycles. The Morgan fingerprint density at radius 2 is 0.726 bits per heavy atom. The second-order valence-corrected chi connectivity index (χ2v) is 42.7. The minimum absolute atomic E-state index is 0.0753.